The SMILES string of the molecule is CN(C)CCCN(C(=O)c1ccc([N+](=O)[O-])cc1)c1nc2c(F)cc(F)cc2s1.Cl. The minimum atomic E-state index is -0.793. The van der Waals surface area contributed by atoms with Gasteiger partial charge in [-0.05, 0) is 45.3 Å². The van der Waals surface area contributed by atoms with Gasteiger partial charge in [-0.25, -0.2) is 13.8 Å². The molecule has 0 aliphatic heterocycles. The first kappa shape index (κ1) is 23.6. The third-order valence-corrected chi connectivity index (χ3v) is 5.22. The average Bonchev–Trinajstić information content (AvgIpc) is 3.08. The molecule has 0 aliphatic rings. The zero-order chi connectivity index (χ0) is 21.1. The van der Waals surface area contributed by atoms with Crippen molar-refractivity contribution < 1.29 is 18.5 Å². The van der Waals surface area contributed by atoms with Crippen LogP contribution in [-0.2, 0) is 0 Å². The largest absolute Gasteiger partial charge is 0.309 e. The van der Waals surface area contributed by atoms with Gasteiger partial charge in [0.15, 0.2) is 10.9 Å². The number of anilines is 1. The van der Waals surface area contributed by atoms with Crippen LogP contribution in [0.5, 0.6) is 0 Å². The van der Waals surface area contributed by atoms with E-state index in [1.165, 1.54) is 35.2 Å². The first-order valence-corrected chi connectivity index (χ1v) is 9.54. The van der Waals surface area contributed by atoms with E-state index in [4.69, 9.17) is 0 Å². The Balaban J connectivity index is 0.00000320. The van der Waals surface area contributed by atoms with E-state index >= 15 is 0 Å². The van der Waals surface area contributed by atoms with Crippen molar-refractivity contribution in [2.75, 3.05) is 32.1 Å². The molecule has 2 aromatic carbocycles. The van der Waals surface area contributed by atoms with Crippen LogP contribution >= 0.6 is 23.7 Å². The van der Waals surface area contributed by atoms with Gasteiger partial charge in [-0.2, -0.15) is 0 Å². The fourth-order valence-electron chi connectivity index (χ4n) is 2.77. The van der Waals surface area contributed by atoms with E-state index in [0.717, 1.165) is 17.4 Å². The lowest BCUT2D eigenvalue weighted by atomic mass is 10.2. The molecular formula is C19H19ClF2N4O3S. The lowest BCUT2D eigenvalue weighted by molar-refractivity contribution is -0.384. The van der Waals surface area contributed by atoms with Crippen molar-refractivity contribution in [3.05, 3.63) is 63.7 Å². The van der Waals surface area contributed by atoms with Gasteiger partial charge in [-0.1, -0.05) is 11.3 Å². The van der Waals surface area contributed by atoms with Crippen LogP contribution in [0.25, 0.3) is 10.2 Å². The van der Waals surface area contributed by atoms with Crippen LogP contribution in [0.4, 0.5) is 19.6 Å². The number of aromatic nitrogens is 1. The van der Waals surface area contributed by atoms with Gasteiger partial charge in [-0.3, -0.25) is 19.8 Å². The van der Waals surface area contributed by atoms with Gasteiger partial charge in [0.1, 0.15) is 11.3 Å². The number of hydrogen-bond acceptors (Lipinski definition) is 6. The van der Waals surface area contributed by atoms with E-state index in [0.29, 0.717) is 24.2 Å². The highest BCUT2D eigenvalue weighted by molar-refractivity contribution is 7.22. The molecule has 1 heterocycles. The molecule has 11 heteroatoms. The average molecular weight is 457 g/mol. The number of non-ortho nitro benzene ring substituents is 1. The molecule has 1 aromatic heterocycles. The molecule has 0 spiro atoms. The van der Waals surface area contributed by atoms with Crippen LogP contribution in [0, 0.1) is 21.7 Å². The van der Waals surface area contributed by atoms with Gasteiger partial charge in [-0.15, -0.1) is 12.4 Å². The molecule has 0 radical (unpaired) electrons. The second-order valence-corrected chi connectivity index (χ2v) is 7.66. The number of benzene rings is 2. The number of carbonyl (C=O) groups excluding carboxylic acids is 1. The van der Waals surface area contributed by atoms with Crippen molar-refractivity contribution in [1.29, 1.82) is 0 Å². The maximum atomic E-state index is 14.1. The Bertz CT molecular complexity index is 1060. The smallest absolute Gasteiger partial charge is 0.269 e. The summed E-state index contributed by atoms with van der Waals surface area (Å²) in [5.41, 5.74) is 0.116. The lowest BCUT2D eigenvalue weighted by Crippen LogP contribution is -2.33. The topological polar surface area (TPSA) is 79.6 Å². The van der Waals surface area contributed by atoms with E-state index in [9.17, 15) is 23.7 Å². The summed E-state index contributed by atoms with van der Waals surface area (Å²) in [5.74, 6) is -1.93. The molecule has 160 valence electrons. The van der Waals surface area contributed by atoms with Crippen LogP contribution in [0.3, 0.4) is 0 Å². The summed E-state index contributed by atoms with van der Waals surface area (Å²) in [5, 5.41) is 11.1. The molecule has 0 bridgehead atoms. The van der Waals surface area contributed by atoms with Crippen LogP contribution in [0.1, 0.15) is 16.8 Å². The van der Waals surface area contributed by atoms with Crippen molar-refractivity contribution in [3.63, 3.8) is 0 Å². The van der Waals surface area contributed by atoms with Gasteiger partial charge in [0.05, 0.1) is 9.62 Å². The maximum absolute atomic E-state index is 14.1. The zero-order valence-electron chi connectivity index (χ0n) is 16.2. The van der Waals surface area contributed by atoms with Crippen LogP contribution < -0.4 is 4.90 Å². The van der Waals surface area contributed by atoms with Crippen LogP contribution in [0.2, 0.25) is 0 Å². The number of carbonyl (C=O) groups is 1. The second-order valence-electron chi connectivity index (χ2n) is 6.65. The molecule has 3 rings (SSSR count). The Labute approximate surface area is 181 Å². The van der Waals surface area contributed by atoms with Crippen molar-refractivity contribution in [2.45, 2.75) is 6.42 Å². The summed E-state index contributed by atoms with van der Waals surface area (Å²) in [4.78, 5) is 30.9. The lowest BCUT2D eigenvalue weighted by Gasteiger charge is -2.21. The van der Waals surface area contributed by atoms with E-state index < -0.39 is 22.5 Å². The predicted octanol–water partition coefficient (Wildman–Crippen LogP) is 4.50. The van der Waals surface area contributed by atoms with Crippen molar-refractivity contribution >= 4 is 50.7 Å². The quantitative estimate of drug-likeness (QED) is 0.386. The van der Waals surface area contributed by atoms with Gasteiger partial charge in [0.2, 0.25) is 0 Å². The summed E-state index contributed by atoms with van der Waals surface area (Å²) in [6.45, 7) is 1.01. The number of nitro groups is 1. The van der Waals surface area contributed by atoms with Crippen molar-refractivity contribution in [2.24, 2.45) is 0 Å². The standard InChI is InChI=1S/C19H18F2N4O3S.ClH/c1-23(2)8-3-9-24(18(26)12-4-6-14(7-5-12)25(27)28)19-22-17-15(21)10-13(20)11-16(17)29-19;/h4-7,10-11H,3,8-9H2,1-2H3;1H. The van der Waals surface area contributed by atoms with Gasteiger partial charge in [0.25, 0.3) is 11.6 Å². The Kier molecular flexibility index (Phi) is 7.77. The number of thiazole rings is 1. The van der Waals surface area contributed by atoms with E-state index in [2.05, 4.69) is 4.98 Å². The summed E-state index contributed by atoms with van der Waals surface area (Å²) in [6.07, 6.45) is 0.624. The Hall–Kier alpha value is -2.69. The third-order valence-electron chi connectivity index (χ3n) is 4.19. The van der Waals surface area contributed by atoms with Crippen molar-refractivity contribution in [1.82, 2.24) is 9.88 Å². The summed E-state index contributed by atoms with van der Waals surface area (Å²) >= 11 is 1.02. The monoisotopic (exact) mass is 456 g/mol. The van der Waals surface area contributed by atoms with E-state index in [-0.39, 0.29) is 34.3 Å². The highest BCUT2D eigenvalue weighted by atomic mass is 35.5. The Morgan fingerprint density at radius 1 is 1.17 bits per heavy atom. The van der Waals surface area contributed by atoms with E-state index in [1.54, 1.807) is 0 Å². The molecule has 0 fully saturated rings. The number of rotatable bonds is 7. The first-order valence-electron chi connectivity index (χ1n) is 8.73. The number of hydrogen-bond donors (Lipinski definition) is 0. The second kappa shape index (κ2) is 9.88. The third kappa shape index (κ3) is 5.26. The molecule has 7 nitrogen and oxygen atoms in total. The van der Waals surface area contributed by atoms with Gasteiger partial charge >= 0.3 is 0 Å². The number of fused-ring (bicyclic) bond motifs is 1. The molecule has 0 unspecified atom stereocenters. The molecule has 0 saturated heterocycles. The van der Waals surface area contributed by atoms with Crippen molar-refractivity contribution in [3.8, 4) is 0 Å². The van der Waals surface area contributed by atoms with Crippen LogP contribution in [-0.4, -0.2) is 47.9 Å². The number of nitrogens with zero attached hydrogens (tertiary/aromatic N) is 4. The maximum Gasteiger partial charge on any atom is 0.269 e. The van der Waals surface area contributed by atoms with Gasteiger partial charge < -0.3 is 4.90 Å². The van der Waals surface area contributed by atoms with E-state index in [1.807, 2.05) is 19.0 Å². The predicted molar refractivity (Wildman–Crippen MR) is 115 cm³/mol. The fraction of sp³-hybridized carbons (Fsp3) is 0.263. The zero-order valence-corrected chi connectivity index (χ0v) is 17.8. The number of amides is 1. The minimum absolute atomic E-state index is 0. The molecule has 30 heavy (non-hydrogen) atoms. The Morgan fingerprint density at radius 3 is 2.43 bits per heavy atom. The summed E-state index contributed by atoms with van der Waals surface area (Å²) < 4.78 is 27.9. The molecule has 0 N–H and O–H groups in total. The molecule has 0 aliphatic carbocycles. The number of halogens is 3. The number of nitro benzene ring substituents is 1. The highest BCUT2D eigenvalue weighted by Crippen LogP contribution is 2.32. The molecule has 0 atom stereocenters. The highest BCUT2D eigenvalue weighted by Gasteiger charge is 2.23. The van der Waals surface area contributed by atoms with Gasteiger partial charge in [0, 0.05) is 30.3 Å². The summed E-state index contributed by atoms with van der Waals surface area (Å²) in [7, 11) is 3.80. The Morgan fingerprint density at radius 2 is 1.83 bits per heavy atom. The fourth-order valence-corrected chi connectivity index (χ4v) is 3.80. The molecular weight excluding hydrogens is 438 g/mol. The molecule has 1 amide bonds. The minimum Gasteiger partial charge on any atom is -0.309 e. The normalized spacial score (nSPS) is 10.8. The van der Waals surface area contributed by atoms with Crippen LogP contribution in [0.15, 0.2) is 36.4 Å². The molecule has 0 saturated carbocycles. The molecule has 3 aromatic rings. The summed E-state index contributed by atoms with van der Waals surface area (Å²) in [6, 6.07) is 7.16. The first-order chi connectivity index (χ1) is 13.8.